The zero-order chi connectivity index (χ0) is 12.1. The van der Waals surface area contributed by atoms with Gasteiger partial charge in [-0.25, -0.2) is 0 Å². The van der Waals surface area contributed by atoms with Gasteiger partial charge in [0.1, 0.15) is 0 Å². The number of nitrogens with zero attached hydrogens (tertiary/aromatic N) is 1. The second-order valence-corrected chi connectivity index (χ2v) is 5.92. The molecule has 1 saturated heterocycles. The van der Waals surface area contributed by atoms with Gasteiger partial charge in [-0.1, -0.05) is 47.8 Å². The van der Waals surface area contributed by atoms with Gasteiger partial charge < -0.3 is 0 Å². The van der Waals surface area contributed by atoms with E-state index < -0.39 is 0 Å². The van der Waals surface area contributed by atoms with Crippen molar-refractivity contribution in [3.05, 3.63) is 34.3 Å². The number of rotatable bonds is 3. The van der Waals surface area contributed by atoms with Gasteiger partial charge in [0.25, 0.3) is 0 Å². The van der Waals surface area contributed by atoms with Crippen molar-refractivity contribution in [2.45, 2.75) is 51.6 Å². The molecule has 1 fully saturated rings. The molecule has 1 atom stereocenters. The Morgan fingerprint density at radius 2 is 1.94 bits per heavy atom. The lowest BCUT2D eigenvalue weighted by Crippen LogP contribution is -2.33. The average molecular weight is 296 g/mol. The number of likely N-dealkylation sites (tertiary alicyclic amines) is 1. The van der Waals surface area contributed by atoms with Gasteiger partial charge in [0, 0.05) is 17.1 Å². The van der Waals surface area contributed by atoms with Crippen LogP contribution >= 0.6 is 15.9 Å². The second kappa shape index (κ2) is 6.55. The Balaban J connectivity index is 2.01. The van der Waals surface area contributed by atoms with Crippen molar-refractivity contribution in [2.75, 3.05) is 6.54 Å². The lowest BCUT2D eigenvalue weighted by molar-refractivity contribution is 0.186. The van der Waals surface area contributed by atoms with Gasteiger partial charge in [-0.2, -0.15) is 0 Å². The Labute approximate surface area is 113 Å². The van der Waals surface area contributed by atoms with Crippen LogP contribution in [0, 0.1) is 0 Å². The third-order valence-corrected chi connectivity index (χ3v) is 4.30. The van der Waals surface area contributed by atoms with Crippen LogP contribution in [-0.2, 0) is 6.54 Å². The van der Waals surface area contributed by atoms with Crippen molar-refractivity contribution >= 4 is 15.9 Å². The molecule has 94 valence electrons. The highest BCUT2D eigenvalue weighted by Gasteiger charge is 2.19. The fraction of sp³-hybridized carbons (Fsp3) is 0.600. The van der Waals surface area contributed by atoms with Gasteiger partial charge in [-0.05, 0) is 43.5 Å². The molecule has 1 aliphatic heterocycles. The Bertz CT molecular complexity index is 333. The number of hydrogen-bond donors (Lipinski definition) is 0. The summed E-state index contributed by atoms with van der Waals surface area (Å²) in [4.78, 5) is 2.68. The van der Waals surface area contributed by atoms with E-state index in [1.165, 1.54) is 48.7 Å². The first-order chi connectivity index (χ1) is 8.29. The molecule has 2 rings (SSSR count). The first kappa shape index (κ1) is 13.1. The molecule has 1 aromatic rings. The quantitative estimate of drug-likeness (QED) is 0.787. The second-order valence-electron chi connectivity index (χ2n) is 5.01. The largest absolute Gasteiger partial charge is 0.296 e. The molecule has 0 spiro atoms. The van der Waals surface area contributed by atoms with E-state index >= 15 is 0 Å². The average Bonchev–Trinajstić information content (AvgIpc) is 2.57. The van der Waals surface area contributed by atoms with Crippen LogP contribution < -0.4 is 0 Å². The highest BCUT2D eigenvalue weighted by molar-refractivity contribution is 9.10. The molecule has 1 aromatic carbocycles. The Morgan fingerprint density at radius 3 is 2.65 bits per heavy atom. The lowest BCUT2D eigenvalue weighted by atomic mass is 10.1. The van der Waals surface area contributed by atoms with Crippen molar-refractivity contribution in [3.8, 4) is 0 Å². The van der Waals surface area contributed by atoms with Gasteiger partial charge in [0.2, 0.25) is 0 Å². The molecule has 0 amide bonds. The van der Waals surface area contributed by atoms with Crippen molar-refractivity contribution in [3.63, 3.8) is 0 Å². The third kappa shape index (κ3) is 3.82. The molecule has 1 aliphatic rings. The molecular formula is C15H22BrN. The summed E-state index contributed by atoms with van der Waals surface area (Å²) in [5.41, 5.74) is 1.44. The monoisotopic (exact) mass is 295 g/mol. The summed E-state index contributed by atoms with van der Waals surface area (Å²) in [5.74, 6) is 0. The summed E-state index contributed by atoms with van der Waals surface area (Å²) < 4.78 is 1.17. The van der Waals surface area contributed by atoms with E-state index in [0.29, 0.717) is 0 Å². The van der Waals surface area contributed by atoms with Crippen LogP contribution in [0.5, 0.6) is 0 Å². The maximum Gasteiger partial charge on any atom is 0.0236 e. The van der Waals surface area contributed by atoms with Crippen molar-refractivity contribution in [1.29, 1.82) is 0 Å². The molecular weight excluding hydrogens is 274 g/mol. The molecule has 0 aromatic heterocycles. The van der Waals surface area contributed by atoms with Crippen molar-refractivity contribution in [2.24, 2.45) is 0 Å². The van der Waals surface area contributed by atoms with Gasteiger partial charge >= 0.3 is 0 Å². The molecule has 17 heavy (non-hydrogen) atoms. The molecule has 1 unspecified atom stereocenters. The third-order valence-electron chi connectivity index (χ3n) is 3.77. The van der Waals surface area contributed by atoms with E-state index in [-0.39, 0.29) is 0 Å². The van der Waals surface area contributed by atoms with Gasteiger partial charge in [-0.15, -0.1) is 0 Å². The van der Waals surface area contributed by atoms with Crippen LogP contribution in [0.25, 0.3) is 0 Å². The molecule has 1 heterocycles. The first-order valence-electron chi connectivity index (χ1n) is 6.78. The summed E-state index contributed by atoms with van der Waals surface area (Å²) in [6, 6.07) is 9.56. The summed E-state index contributed by atoms with van der Waals surface area (Å²) in [6.07, 6.45) is 6.86. The van der Waals surface area contributed by atoms with Crippen LogP contribution in [-0.4, -0.2) is 17.5 Å². The summed E-state index contributed by atoms with van der Waals surface area (Å²) in [5, 5.41) is 0. The highest BCUT2D eigenvalue weighted by Crippen LogP contribution is 2.21. The summed E-state index contributed by atoms with van der Waals surface area (Å²) in [6.45, 7) is 4.71. The van der Waals surface area contributed by atoms with Crippen molar-refractivity contribution in [1.82, 2.24) is 4.90 Å². The maximum atomic E-state index is 3.50. The molecule has 1 nitrogen and oxygen atoms in total. The van der Waals surface area contributed by atoms with E-state index in [0.717, 1.165) is 12.6 Å². The molecule has 0 bridgehead atoms. The zero-order valence-electron chi connectivity index (χ0n) is 10.7. The van der Waals surface area contributed by atoms with Crippen LogP contribution in [0.2, 0.25) is 0 Å². The predicted molar refractivity (Wildman–Crippen MR) is 77.1 cm³/mol. The van der Waals surface area contributed by atoms with Crippen LogP contribution in [0.4, 0.5) is 0 Å². The standard InChI is InChI=1S/C15H22BrN/c1-2-15-6-4-3-5-11-17(15)12-13-7-9-14(16)10-8-13/h7-10,15H,2-6,11-12H2,1H3. The Kier molecular flexibility index (Phi) is 5.05. The van der Waals surface area contributed by atoms with E-state index in [2.05, 4.69) is 52.0 Å². The maximum absolute atomic E-state index is 3.50. The molecule has 2 heteroatoms. The topological polar surface area (TPSA) is 3.24 Å². The van der Waals surface area contributed by atoms with Gasteiger partial charge in [-0.3, -0.25) is 4.90 Å². The zero-order valence-corrected chi connectivity index (χ0v) is 12.2. The number of hydrogen-bond acceptors (Lipinski definition) is 1. The minimum atomic E-state index is 0.793. The minimum Gasteiger partial charge on any atom is -0.296 e. The molecule has 0 saturated carbocycles. The molecule has 0 aliphatic carbocycles. The minimum absolute atomic E-state index is 0.793. The first-order valence-corrected chi connectivity index (χ1v) is 7.57. The summed E-state index contributed by atoms with van der Waals surface area (Å²) >= 11 is 3.50. The fourth-order valence-corrected chi connectivity index (χ4v) is 3.00. The lowest BCUT2D eigenvalue weighted by Gasteiger charge is -2.29. The van der Waals surface area contributed by atoms with E-state index in [1.807, 2.05) is 0 Å². The summed E-state index contributed by atoms with van der Waals surface area (Å²) in [7, 11) is 0. The number of halogens is 1. The Morgan fingerprint density at radius 1 is 1.18 bits per heavy atom. The highest BCUT2D eigenvalue weighted by atomic mass is 79.9. The Hall–Kier alpha value is -0.340. The van der Waals surface area contributed by atoms with Gasteiger partial charge in [0.05, 0.1) is 0 Å². The fourth-order valence-electron chi connectivity index (χ4n) is 2.73. The van der Waals surface area contributed by atoms with Gasteiger partial charge in [0.15, 0.2) is 0 Å². The van der Waals surface area contributed by atoms with Crippen LogP contribution in [0.1, 0.15) is 44.6 Å². The van der Waals surface area contributed by atoms with E-state index in [9.17, 15) is 0 Å². The van der Waals surface area contributed by atoms with Crippen LogP contribution in [0.3, 0.4) is 0 Å². The molecule has 0 N–H and O–H groups in total. The normalized spacial score (nSPS) is 22.4. The van der Waals surface area contributed by atoms with E-state index in [4.69, 9.17) is 0 Å². The molecule has 0 radical (unpaired) electrons. The SMILES string of the molecule is CCC1CCCCCN1Cc1ccc(Br)cc1. The number of benzene rings is 1. The van der Waals surface area contributed by atoms with E-state index in [1.54, 1.807) is 0 Å². The predicted octanol–water partition coefficient (Wildman–Crippen LogP) is 4.60. The van der Waals surface area contributed by atoms with Crippen LogP contribution in [0.15, 0.2) is 28.7 Å². The smallest absolute Gasteiger partial charge is 0.0236 e. The van der Waals surface area contributed by atoms with Crippen molar-refractivity contribution < 1.29 is 0 Å².